The van der Waals surface area contributed by atoms with Crippen molar-refractivity contribution in [1.29, 1.82) is 0 Å². The van der Waals surface area contributed by atoms with Crippen LogP contribution in [0.4, 0.5) is 11.5 Å². The molecule has 1 amide bonds. The first-order valence-electron chi connectivity index (χ1n) is 11.5. The Morgan fingerprint density at radius 1 is 1.12 bits per heavy atom. The summed E-state index contributed by atoms with van der Waals surface area (Å²) in [6, 6.07) is 11.8. The SMILES string of the molecule is C[C@H]1CN(C)CCN1c1ccc2c(c1)OCCCCn1cnnc1-c1cccc(n1)NC2=O. The lowest BCUT2D eigenvalue weighted by Crippen LogP contribution is -2.50. The van der Waals surface area contributed by atoms with E-state index in [0.717, 1.165) is 44.7 Å². The monoisotopic (exact) mass is 447 g/mol. The minimum Gasteiger partial charge on any atom is -0.493 e. The minimum absolute atomic E-state index is 0.244. The van der Waals surface area contributed by atoms with E-state index in [-0.39, 0.29) is 5.91 Å². The number of ether oxygens (including phenoxy) is 1. The number of hydrogen-bond acceptors (Lipinski definition) is 7. The molecule has 2 aromatic heterocycles. The fourth-order valence-electron chi connectivity index (χ4n) is 4.52. The first-order chi connectivity index (χ1) is 16.1. The number of piperazine rings is 1. The molecule has 2 aliphatic rings. The minimum atomic E-state index is -0.244. The Morgan fingerprint density at radius 2 is 2.03 bits per heavy atom. The van der Waals surface area contributed by atoms with E-state index in [1.807, 2.05) is 34.9 Å². The molecule has 5 rings (SSSR count). The highest BCUT2D eigenvalue weighted by atomic mass is 16.5. The molecule has 1 fully saturated rings. The molecular formula is C24H29N7O2. The number of carbonyl (C=O) groups is 1. The molecule has 33 heavy (non-hydrogen) atoms. The van der Waals surface area contributed by atoms with Crippen molar-refractivity contribution in [2.24, 2.45) is 0 Å². The number of aromatic nitrogens is 4. The van der Waals surface area contributed by atoms with Crippen molar-refractivity contribution in [2.45, 2.75) is 32.4 Å². The maximum Gasteiger partial charge on any atom is 0.260 e. The molecule has 0 unspecified atom stereocenters. The van der Waals surface area contributed by atoms with Gasteiger partial charge in [-0.1, -0.05) is 6.07 Å². The number of pyridine rings is 1. The lowest BCUT2D eigenvalue weighted by molar-refractivity contribution is 0.102. The first kappa shape index (κ1) is 21.4. The van der Waals surface area contributed by atoms with E-state index in [0.29, 0.717) is 41.3 Å². The standard InChI is InChI=1S/C24H29N7O2/c1-17-15-29(2)11-12-31(17)18-8-9-19-21(14-18)33-13-4-3-10-30-16-25-28-23(30)20-6-5-7-22(26-20)27-24(19)32/h5-9,14,16-17H,3-4,10-13,15H2,1-2H3,(H,26,27,32)/t17-/m0/s1. The quantitative estimate of drug-likeness (QED) is 0.614. The molecule has 0 spiro atoms. The molecule has 0 saturated carbocycles. The van der Waals surface area contributed by atoms with Crippen LogP contribution in [0.1, 0.15) is 30.1 Å². The smallest absolute Gasteiger partial charge is 0.260 e. The van der Waals surface area contributed by atoms with E-state index >= 15 is 0 Å². The molecule has 2 bridgehead atoms. The van der Waals surface area contributed by atoms with Crippen molar-refractivity contribution in [3.63, 3.8) is 0 Å². The summed E-state index contributed by atoms with van der Waals surface area (Å²) in [5.41, 5.74) is 2.27. The van der Waals surface area contributed by atoms with Crippen LogP contribution in [0.15, 0.2) is 42.7 Å². The topological polar surface area (TPSA) is 88.4 Å². The highest BCUT2D eigenvalue weighted by Gasteiger charge is 2.24. The second kappa shape index (κ2) is 9.19. The maximum absolute atomic E-state index is 13.2. The van der Waals surface area contributed by atoms with Gasteiger partial charge in [0.1, 0.15) is 23.6 Å². The number of hydrogen-bond donors (Lipinski definition) is 1. The average Bonchev–Trinajstić information content (AvgIpc) is 3.27. The average molecular weight is 448 g/mol. The Kier molecular flexibility index (Phi) is 5.95. The number of nitrogens with one attached hydrogen (secondary N) is 1. The van der Waals surface area contributed by atoms with Gasteiger partial charge in [-0.3, -0.25) is 4.79 Å². The maximum atomic E-state index is 13.2. The lowest BCUT2D eigenvalue weighted by Gasteiger charge is -2.40. The summed E-state index contributed by atoms with van der Waals surface area (Å²) in [4.78, 5) is 22.5. The van der Waals surface area contributed by atoms with Gasteiger partial charge in [-0.15, -0.1) is 10.2 Å². The number of fused-ring (bicyclic) bond motifs is 5. The summed E-state index contributed by atoms with van der Waals surface area (Å²) in [6.45, 7) is 6.49. The van der Waals surface area contributed by atoms with E-state index in [2.05, 4.69) is 44.3 Å². The van der Waals surface area contributed by atoms with Crippen LogP contribution in [0.3, 0.4) is 0 Å². The Hall–Kier alpha value is -3.46. The van der Waals surface area contributed by atoms with Crippen molar-refractivity contribution in [1.82, 2.24) is 24.6 Å². The number of carbonyl (C=O) groups excluding carboxylic acids is 1. The molecular weight excluding hydrogens is 418 g/mol. The predicted molar refractivity (Wildman–Crippen MR) is 127 cm³/mol. The second-order valence-corrected chi connectivity index (χ2v) is 8.75. The summed E-state index contributed by atoms with van der Waals surface area (Å²) < 4.78 is 8.14. The molecule has 3 aromatic rings. The van der Waals surface area contributed by atoms with Gasteiger partial charge in [0, 0.05) is 44.0 Å². The highest BCUT2D eigenvalue weighted by Crippen LogP contribution is 2.29. The number of rotatable bonds is 1. The fraction of sp³-hybridized carbons (Fsp3) is 0.417. The van der Waals surface area contributed by atoms with Crippen molar-refractivity contribution in [3.05, 3.63) is 48.3 Å². The van der Waals surface area contributed by atoms with Crippen molar-refractivity contribution < 1.29 is 9.53 Å². The molecule has 1 N–H and O–H groups in total. The number of aryl methyl sites for hydroxylation is 1. The van der Waals surface area contributed by atoms with Crippen LogP contribution in [-0.2, 0) is 6.54 Å². The zero-order valence-electron chi connectivity index (χ0n) is 19.1. The van der Waals surface area contributed by atoms with Crippen molar-refractivity contribution >= 4 is 17.4 Å². The van der Waals surface area contributed by atoms with E-state index in [1.54, 1.807) is 12.4 Å². The molecule has 0 aliphatic carbocycles. The molecule has 9 nitrogen and oxygen atoms in total. The van der Waals surface area contributed by atoms with Gasteiger partial charge in [-0.25, -0.2) is 4.98 Å². The third kappa shape index (κ3) is 4.54. The summed E-state index contributed by atoms with van der Waals surface area (Å²) in [6.07, 6.45) is 3.47. The summed E-state index contributed by atoms with van der Waals surface area (Å²) in [7, 11) is 2.15. The third-order valence-electron chi connectivity index (χ3n) is 6.26. The Morgan fingerprint density at radius 3 is 2.91 bits per heavy atom. The number of likely N-dealkylation sites (N-methyl/N-ethyl adjacent to an activating group) is 1. The molecule has 172 valence electrons. The highest BCUT2D eigenvalue weighted by molar-refractivity contribution is 6.06. The van der Waals surface area contributed by atoms with Crippen LogP contribution in [-0.4, -0.2) is 69.9 Å². The van der Waals surface area contributed by atoms with Gasteiger partial charge in [0.15, 0.2) is 5.82 Å². The van der Waals surface area contributed by atoms with Gasteiger partial charge in [0.05, 0.1) is 12.2 Å². The molecule has 9 heteroatoms. The van der Waals surface area contributed by atoms with Gasteiger partial charge >= 0.3 is 0 Å². The number of benzene rings is 1. The molecule has 1 saturated heterocycles. The van der Waals surface area contributed by atoms with E-state index in [1.165, 1.54) is 0 Å². The second-order valence-electron chi connectivity index (χ2n) is 8.75. The third-order valence-corrected chi connectivity index (χ3v) is 6.26. The lowest BCUT2D eigenvalue weighted by atomic mass is 10.1. The van der Waals surface area contributed by atoms with Crippen LogP contribution in [0.25, 0.3) is 11.5 Å². The van der Waals surface area contributed by atoms with Gasteiger partial charge in [0.2, 0.25) is 0 Å². The number of anilines is 2. The van der Waals surface area contributed by atoms with E-state index in [4.69, 9.17) is 4.74 Å². The normalized spacial score (nSPS) is 19.6. The van der Waals surface area contributed by atoms with Gasteiger partial charge in [-0.2, -0.15) is 0 Å². The molecule has 4 heterocycles. The van der Waals surface area contributed by atoms with Gasteiger partial charge in [0.25, 0.3) is 5.91 Å². The molecule has 1 aromatic carbocycles. The van der Waals surface area contributed by atoms with Crippen LogP contribution >= 0.6 is 0 Å². The summed E-state index contributed by atoms with van der Waals surface area (Å²) >= 11 is 0. The Balaban J connectivity index is 1.46. The Labute approximate surface area is 193 Å². The Bertz CT molecular complexity index is 1150. The van der Waals surface area contributed by atoms with Crippen molar-refractivity contribution in [3.8, 4) is 17.3 Å². The zero-order chi connectivity index (χ0) is 22.8. The summed E-state index contributed by atoms with van der Waals surface area (Å²) in [5, 5.41) is 11.2. The zero-order valence-corrected chi connectivity index (χ0v) is 19.1. The van der Waals surface area contributed by atoms with E-state index in [9.17, 15) is 4.79 Å². The predicted octanol–water partition coefficient (Wildman–Crippen LogP) is 2.91. The summed E-state index contributed by atoms with van der Waals surface area (Å²) in [5.74, 6) is 1.52. The molecule has 2 aliphatic heterocycles. The number of amides is 1. The van der Waals surface area contributed by atoms with Crippen LogP contribution in [0, 0.1) is 0 Å². The van der Waals surface area contributed by atoms with E-state index < -0.39 is 0 Å². The van der Waals surface area contributed by atoms with Crippen molar-refractivity contribution in [2.75, 3.05) is 43.5 Å². The molecule has 0 radical (unpaired) electrons. The van der Waals surface area contributed by atoms with Crippen LogP contribution < -0.4 is 15.0 Å². The first-order valence-corrected chi connectivity index (χ1v) is 11.5. The van der Waals surface area contributed by atoms with Gasteiger partial charge < -0.3 is 24.4 Å². The fourth-order valence-corrected chi connectivity index (χ4v) is 4.52. The number of nitrogens with zero attached hydrogens (tertiary/aromatic N) is 6. The van der Waals surface area contributed by atoms with Crippen LogP contribution in [0.5, 0.6) is 5.75 Å². The van der Waals surface area contributed by atoms with Gasteiger partial charge in [-0.05, 0) is 51.1 Å². The van der Waals surface area contributed by atoms with Crippen LogP contribution in [0.2, 0.25) is 0 Å². The molecule has 1 atom stereocenters. The largest absolute Gasteiger partial charge is 0.493 e.